The number of rotatable bonds is 4. The highest BCUT2D eigenvalue weighted by atomic mass is 16.1. The zero-order chi connectivity index (χ0) is 19.3. The summed E-state index contributed by atoms with van der Waals surface area (Å²) < 4.78 is 0. The van der Waals surface area contributed by atoms with Gasteiger partial charge in [0.2, 0.25) is 5.95 Å². The van der Waals surface area contributed by atoms with Crippen LogP contribution in [0.3, 0.4) is 0 Å². The van der Waals surface area contributed by atoms with Crippen LogP contribution in [0.15, 0.2) is 60.9 Å². The van der Waals surface area contributed by atoms with Gasteiger partial charge in [0.05, 0.1) is 0 Å². The van der Waals surface area contributed by atoms with Crippen LogP contribution in [0.2, 0.25) is 0 Å². The third-order valence-corrected chi connectivity index (χ3v) is 4.62. The molecule has 3 N–H and O–H groups in total. The van der Waals surface area contributed by atoms with E-state index in [-0.39, 0.29) is 17.3 Å². The lowest BCUT2D eigenvalue weighted by atomic mass is 10.2. The summed E-state index contributed by atoms with van der Waals surface area (Å²) in [5.74, 6) is 1.35. The molecule has 8 nitrogen and oxygen atoms in total. The minimum atomic E-state index is -0.324. The molecule has 1 aliphatic heterocycles. The lowest BCUT2D eigenvalue weighted by Crippen LogP contribution is -2.47. The summed E-state index contributed by atoms with van der Waals surface area (Å²) in [6.45, 7) is 3.14. The van der Waals surface area contributed by atoms with Crippen LogP contribution in [0.1, 0.15) is 10.4 Å². The first-order valence-electron chi connectivity index (χ1n) is 9.10. The molecule has 1 saturated heterocycles. The van der Waals surface area contributed by atoms with Crippen molar-refractivity contribution in [2.45, 2.75) is 0 Å². The molecular weight excluding hydrogens is 354 g/mol. The van der Waals surface area contributed by atoms with Crippen molar-refractivity contribution in [3.63, 3.8) is 0 Å². The second-order valence-corrected chi connectivity index (χ2v) is 6.45. The van der Waals surface area contributed by atoms with Crippen molar-refractivity contribution in [2.24, 2.45) is 0 Å². The molecule has 0 aliphatic carbocycles. The van der Waals surface area contributed by atoms with Crippen LogP contribution in [0.5, 0.6) is 0 Å². The van der Waals surface area contributed by atoms with E-state index in [0.29, 0.717) is 11.6 Å². The molecule has 1 aliphatic rings. The zero-order valence-electron chi connectivity index (χ0n) is 15.3. The predicted molar refractivity (Wildman–Crippen MR) is 110 cm³/mol. The molecule has 4 rings (SSSR count). The second-order valence-electron chi connectivity index (χ2n) is 6.45. The van der Waals surface area contributed by atoms with Gasteiger partial charge >= 0.3 is 0 Å². The number of carbonyl (C=O) groups is 1. The number of aromatic nitrogens is 3. The van der Waals surface area contributed by atoms with Gasteiger partial charge in [0.15, 0.2) is 0 Å². The molecule has 0 atom stereocenters. The zero-order valence-corrected chi connectivity index (χ0v) is 15.3. The number of nitrogens with one attached hydrogen (secondary N) is 1. The lowest BCUT2D eigenvalue weighted by Gasteiger charge is -2.35. The molecule has 1 amide bonds. The first kappa shape index (κ1) is 17.7. The number of nitrogens with two attached hydrogens (primary N) is 1. The van der Waals surface area contributed by atoms with Crippen molar-refractivity contribution in [1.82, 2.24) is 15.0 Å². The molecule has 0 spiro atoms. The third kappa shape index (κ3) is 3.85. The number of nitrogens with zero attached hydrogens (tertiary/aromatic N) is 5. The number of amides is 1. The van der Waals surface area contributed by atoms with Crippen LogP contribution < -0.4 is 20.9 Å². The lowest BCUT2D eigenvalue weighted by molar-refractivity contribution is 0.102. The van der Waals surface area contributed by atoms with Crippen LogP contribution >= 0.6 is 0 Å². The van der Waals surface area contributed by atoms with Gasteiger partial charge in [0.1, 0.15) is 17.2 Å². The smallest absolute Gasteiger partial charge is 0.260 e. The van der Waals surface area contributed by atoms with E-state index in [2.05, 4.69) is 30.1 Å². The molecule has 1 aromatic carbocycles. The molecule has 3 aromatic rings. The SMILES string of the molecule is Nc1nc(N2CCN(c3ccccn3)CC2)ncc1C(=O)Nc1ccccc1. The van der Waals surface area contributed by atoms with Crippen LogP contribution in [-0.2, 0) is 0 Å². The number of piperazine rings is 1. The number of anilines is 4. The van der Waals surface area contributed by atoms with E-state index in [0.717, 1.165) is 32.0 Å². The van der Waals surface area contributed by atoms with Gasteiger partial charge in [-0.2, -0.15) is 4.98 Å². The van der Waals surface area contributed by atoms with Crippen molar-refractivity contribution in [3.8, 4) is 0 Å². The Hall–Kier alpha value is -3.68. The van der Waals surface area contributed by atoms with Crippen LogP contribution in [0.4, 0.5) is 23.3 Å². The fourth-order valence-corrected chi connectivity index (χ4v) is 3.11. The maximum atomic E-state index is 12.4. The van der Waals surface area contributed by atoms with Gasteiger partial charge in [0, 0.05) is 44.3 Å². The van der Waals surface area contributed by atoms with E-state index in [9.17, 15) is 4.79 Å². The molecular formula is C20H21N7O. The summed E-state index contributed by atoms with van der Waals surface area (Å²) in [7, 11) is 0. The predicted octanol–water partition coefficient (Wildman–Crippen LogP) is 2.03. The summed E-state index contributed by atoms with van der Waals surface area (Å²) in [4.78, 5) is 29.8. The normalized spacial score (nSPS) is 14.0. The molecule has 0 radical (unpaired) electrons. The van der Waals surface area contributed by atoms with Crippen LogP contribution in [0, 0.1) is 0 Å². The average molecular weight is 375 g/mol. The Morgan fingerprint density at radius 3 is 2.32 bits per heavy atom. The molecule has 2 aromatic heterocycles. The summed E-state index contributed by atoms with van der Waals surface area (Å²) in [6, 6.07) is 15.1. The molecule has 28 heavy (non-hydrogen) atoms. The maximum absolute atomic E-state index is 12.4. The van der Waals surface area contributed by atoms with Crippen LogP contribution in [0.25, 0.3) is 0 Å². The Morgan fingerprint density at radius 2 is 1.64 bits per heavy atom. The minimum absolute atomic E-state index is 0.172. The van der Waals surface area contributed by atoms with E-state index in [1.165, 1.54) is 6.20 Å². The monoisotopic (exact) mass is 375 g/mol. The van der Waals surface area contributed by atoms with Crippen molar-refractivity contribution in [1.29, 1.82) is 0 Å². The number of pyridine rings is 1. The van der Waals surface area contributed by atoms with E-state index in [4.69, 9.17) is 5.73 Å². The Morgan fingerprint density at radius 1 is 0.929 bits per heavy atom. The number of hydrogen-bond acceptors (Lipinski definition) is 7. The number of benzene rings is 1. The van der Waals surface area contributed by atoms with E-state index in [1.54, 1.807) is 6.20 Å². The van der Waals surface area contributed by atoms with E-state index in [1.807, 2.05) is 48.5 Å². The quantitative estimate of drug-likeness (QED) is 0.720. The number of nitrogen functional groups attached to an aromatic ring is 1. The van der Waals surface area contributed by atoms with Gasteiger partial charge in [-0.25, -0.2) is 9.97 Å². The average Bonchev–Trinajstić information content (AvgIpc) is 2.75. The number of para-hydroxylation sites is 1. The van der Waals surface area contributed by atoms with E-state index >= 15 is 0 Å². The standard InChI is InChI=1S/C20H21N7O/c21-18-16(19(28)24-15-6-2-1-3-7-15)14-23-20(25-18)27-12-10-26(11-13-27)17-8-4-5-9-22-17/h1-9,14H,10-13H2,(H,24,28)(H2,21,23,25). The van der Waals surface area contributed by atoms with E-state index < -0.39 is 0 Å². The highest BCUT2D eigenvalue weighted by Gasteiger charge is 2.21. The first-order valence-corrected chi connectivity index (χ1v) is 9.10. The number of carbonyl (C=O) groups excluding carboxylic acids is 1. The van der Waals surface area contributed by atoms with Gasteiger partial charge < -0.3 is 20.9 Å². The molecule has 142 valence electrons. The highest BCUT2D eigenvalue weighted by molar-refractivity contribution is 6.07. The number of hydrogen-bond donors (Lipinski definition) is 2. The van der Waals surface area contributed by atoms with Gasteiger partial charge in [-0.05, 0) is 24.3 Å². The van der Waals surface area contributed by atoms with Gasteiger partial charge in [-0.3, -0.25) is 4.79 Å². The summed E-state index contributed by atoms with van der Waals surface area (Å²) >= 11 is 0. The minimum Gasteiger partial charge on any atom is -0.383 e. The van der Waals surface area contributed by atoms with Crippen molar-refractivity contribution in [3.05, 3.63) is 66.5 Å². The van der Waals surface area contributed by atoms with Crippen molar-refractivity contribution < 1.29 is 4.79 Å². The highest BCUT2D eigenvalue weighted by Crippen LogP contribution is 2.19. The van der Waals surface area contributed by atoms with Gasteiger partial charge in [0.25, 0.3) is 5.91 Å². The Bertz CT molecular complexity index is 941. The molecule has 0 unspecified atom stereocenters. The molecule has 1 fully saturated rings. The van der Waals surface area contributed by atoms with Crippen molar-refractivity contribution in [2.75, 3.05) is 47.0 Å². The van der Waals surface area contributed by atoms with Gasteiger partial charge in [-0.15, -0.1) is 0 Å². The fraction of sp³-hybridized carbons (Fsp3) is 0.200. The topological polar surface area (TPSA) is 100 Å². The molecule has 0 bridgehead atoms. The second kappa shape index (κ2) is 7.91. The molecule has 0 saturated carbocycles. The van der Waals surface area contributed by atoms with Crippen molar-refractivity contribution >= 4 is 29.2 Å². The van der Waals surface area contributed by atoms with Gasteiger partial charge in [-0.1, -0.05) is 24.3 Å². The Kier molecular flexibility index (Phi) is 5.01. The summed E-state index contributed by atoms with van der Waals surface area (Å²) in [5, 5.41) is 2.80. The first-order chi connectivity index (χ1) is 13.7. The van der Waals surface area contributed by atoms with Crippen LogP contribution in [-0.4, -0.2) is 47.0 Å². The summed E-state index contributed by atoms with van der Waals surface area (Å²) in [5.41, 5.74) is 7.00. The largest absolute Gasteiger partial charge is 0.383 e. The maximum Gasteiger partial charge on any atom is 0.260 e. The Balaban J connectivity index is 1.41. The fourth-order valence-electron chi connectivity index (χ4n) is 3.11. The molecule has 8 heteroatoms. The molecule has 3 heterocycles. The Labute approximate surface area is 163 Å². The summed E-state index contributed by atoms with van der Waals surface area (Å²) in [6.07, 6.45) is 3.28. The third-order valence-electron chi connectivity index (χ3n) is 4.62.